The molecule has 9 heteroatoms. The highest BCUT2D eigenvalue weighted by Gasteiger charge is 2.12. The second kappa shape index (κ2) is 9.65. The van der Waals surface area contributed by atoms with Gasteiger partial charge in [-0.2, -0.15) is 4.99 Å². The maximum Gasteiger partial charge on any atom is 0.253 e. The van der Waals surface area contributed by atoms with Gasteiger partial charge in [-0.05, 0) is 30.3 Å². The largest absolute Gasteiger partial charge is 0.497 e. The minimum atomic E-state index is 0.250. The maximum absolute atomic E-state index is 6.27. The van der Waals surface area contributed by atoms with Gasteiger partial charge in [0.1, 0.15) is 18.1 Å². The number of nitrogens with zero attached hydrogens (tertiary/aromatic N) is 4. The average molecular weight is 446 g/mol. The summed E-state index contributed by atoms with van der Waals surface area (Å²) in [7, 11) is 5.18. The van der Waals surface area contributed by atoms with Gasteiger partial charge in [-0.3, -0.25) is 0 Å². The van der Waals surface area contributed by atoms with E-state index in [0.717, 1.165) is 11.1 Å². The predicted molar refractivity (Wildman–Crippen MR) is 120 cm³/mol. The summed E-state index contributed by atoms with van der Waals surface area (Å²) in [6.07, 6.45) is 1.62. The molecule has 1 aromatic heterocycles. The van der Waals surface area contributed by atoms with Crippen LogP contribution in [0.25, 0.3) is 11.3 Å². The zero-order valence-corrected chi connectivity index (χ0v) is 18.3. The number of hydrogen-bond acceptors (Lipinski definition) is 5. The van der Waals surface area contributed by atoms with Gasteiger partial charge in [0.05, 0.1) is 12.8 Å². The third kappa shape index (κ3) is 5.31. The van der Waals surface area contributed by atoms with Crippen LogP contribution in [0.2, 0.25) is 10.0 Å². The lowest BCUT2D eigenvalue weighted by Gasteiger charge is -2.14. The standard InChI is InChI=1S/C21H21Cl2N5O2/c1-28(2)20(24)27-21-25-9-8-18(26-21)16-7-6-15(29-3)11-19(16)30-12-13-4-5-14(22)10-17(13)23/h4-11H,12H2,1-3H3,(H2,24,25,26,27). The first kappa shape index (κ1) is 21.7. The van der Waals surface area contributed by atoms with Gasteiger partial charge in [0.2, 0.25) is 0 Å². The fourth-order valence-corrected chi connectivity index (χ4v) is 2.97. The molecule has 0 spiro atoms. The second-order valence-corrected chi connectivity index (χ2v) is 7.34. The van der Waals surface area contributed by atoms with Crippen molar-refractivity contribution in [3.63, 3.8) is 0 Å². The van der Waals surface area contributed by atoms with Gasteiger partial charge in [0.25, 0.3) is 5.95 Å². The zero-order chi connectivity index (χ0) is 21.7. The number of rotatable bonds is 6. The van der Waals surface area contributed by atoms with Gasteiger partial charge in [-0.15, -0.1) is 0 Å². The van der Waals surface area contributed by atoms with Gasteiger partial charge < -0.3 is 20.1 Å². The molecule has 0 saturated carbocycles. The van der Waals surface area contributed by atoms with E-state index in [-0.39, 0.29) is 12.6 Å². The molecule has 0 unspecified atom stereocenters. The van der Waals surface area contributed by atoms with Crippen LogP contribution in [0.3, 0.4) is 0 Å². The minimum Gasteiger partial charge on any atom is -0.497 e. The van der Waals surface area contributed by atoms with Crippen LogP contribution in [-0.2, 0) is 6.61 Å². The van der Waals surface area contributed by atoms with Crippen LogP contribution in [0.4, 0.5) is 5.95 Å². The molecule has 1 heterocycles. The summed E-state index contributed by atoms with van der Waals surface area (Å²) < 4.78 is 11.4. The maximum atomic E-state index is 6.27. The Kier molecular flexibility index (Phi) is 6.97. The molecule has 0 atom stereocenters. The summed E-state index contributed by atoms with van der Waals surface area (Å²) in [4.78, 5) is 14.6. The summed E-state index contributed by atoms with van der Waals surface area (Å²) in [5.74, 6) is 1.78. The van der Waals surface area contributed by atoms with Crippen molar-refractivity contribution >= 4 is 35.1 Å². The number of nitrogens with two attached hydrogens (primary N) is 1. The molecule has 0 fully saturated rings. The van der Waals surface area contributed by atoms with Crippen LogP contribution in [0.5, 0.6) is 11.5 Å². The van der Waals surface area contributed by atoms with E-state index in [2.05, 4.69) is 15.0 Å². The normalized spacial score (nSPS) is 11.3. The predicted octanol–water partition coefficient (Wildman–Crippen LogP) is 4.55. The Balaban J connectivity index is 1.94. The first-order chi connectivity index (χ1) is 14.4. The molecule has 0 amide bonds. The van der Waals surface area contributed by atoms with E-state index in [1.54, 1.807) is 56.6 Å². The molecule has 7 nitrogen and oxygen atoms in total. The monoisotopic (exact) mass is 445 g/mol. The quantitative estimate of drug-likeness (QED) is 0.442. The summed E-state index contributed by atoms with van der Waals surface area (Å²) in [6, 6.07) is 12.5. The first-order valence-corrected chi connectivity index (χ1v) is 9.72. The van der Waals surface area contributed by atoms with E-state index in [1.165, 1.54) is 0 Å². The molecule has 2 N–H and O–H groups in total. The van der Waals surface area contributed by atoms with Crippen LogP contribution in [0.1, 0.15) is 5.56 Å². The Hall–Kier alpha value is -3.03. The smallest absolute Gasteiger partial charge is 0.253 e. The van der Waals surface area contributed by atoms with Crippen molar-refractivity contribution in [1.82, 2.24) is 14.9 Å². The lowest BCUT2D eigenvalue weighted by Crippen LogP contribution is -2.29. The van der Waals surface area contributed by atoms with Crippen LogP contribution in [0, 0.1) is 0 Å². The van der Waals surface area contributed by atoms with Crippen LogP contribution in [0.15, 0.2) is 53.7 Å². The van der Waals surface area contributed by atoms with Gasteiger partial charge >= 0.3 is 0 Å². The summed E-state index contributed by atoms with van der Waals surface area (Å²) >= 11 is 12.2. The zero-order valence-electron chi connectivity index (χ0n) is 16.8. The van der Waals surface area contributed by atoms with E-state index in [4.69, 9.17) is 38.4 Å². The van der Waals surface area contributed by atoms with E-state index in [1.807, 2.05) is 18.2 Å². The number of ether oxygens (including phenoxy) is 2. The Morgan fingerprint density at radius 1 is 1.13 bits per heavy atom. The molecule has 0 aliphatic rings. The third-order valence-corrected chi connectivity index (χ3v) is 4.77. The van der Waals surface area contributed by atoms with E-state index >= 15 is 0 Å². The molecule has 156 valence electrons. The number of aromatic nitrogens is 2. The Morgan fingerprint density at radius 3 is 2.63 bits per heavy atom. The van der Waals surface area contributed by atoms with Crippen molar-refractivity contribution in [2.24, 2.45) is 10.7 Å². The van der Waals surface area contributed by atoms with Gasteiger partial charge in [0, 0.05) is 47.5 Å². The Bertz CT molecular complexity index is 1070. The molecule has 3 aromatic rings. The molecule has 0 bridgehead atoms. The molecule has 0 aliphatic heterocycles. The Morgan fingerprint density at radius 2 is 1.93 bits per heavy atom. The summed E-state index contributed by atoms with van der Waals surface area (Å²) in [5.41, 5.74) is 8.07. The minimum absolute atomic E-state index is 0.250. The van der Waals surface area contributed by atoms with Crippen molar-refractivity contribution in [3.05, 3.63) is 64.3 Å². The fourth-order valence-electron chi connectivity index (χ4n) is 2.51. The molecule has 2 aromatic carbocycles. The van der Waals surface area contributed by atoms with Crippen LogP contribution in [-0.4, -0.2) is 42.0 Å². The number of benzene rings is 2. The van der Waals surface area contributed by atoms with Crippen LogP contribution >= 0.6 is 23.2 Å². The topological polar surface area (TPSA) is 85.9 Å². The lowest BCUT2D eigenvalue weighted by atomic mass is 10.1. The number of aliphatic imine (C=N–C) groups is 1. The van der Waals surface area contributed by atoms with Crippen molar-refractivity contribution in [3.8, 4) is 22.8 Å². The molecule has 3 rings (SSSR count). The third-order valence-electron chi connectivity index (χ3n) is 4.18. The van der Waals surface area contributed by atoms with E-state index < -0.39 is 0 Å². The second-order valence-electron chi connectivity index (χ2n) is 6.49. The number of methoxy groups -OCH3 is 1. The molecule has 0 aliphatic carbocycles. The molecular formula is C21H21Cl2N5O2. The first-order valence-electron chi connectivity index (χ1n) is 8.97. The van der Waals surface area contributed by atoms with Crippen molar-refractivity contribution < 1.29 is 9.47 Å². The summed E-state index contributed by atoms with van der Waals surface area (Å²) in [5, 5.41) is 1.10. The SMILES string of the molecule is COc1ccc(-c2ccnc(/N=C(/N)N(C)C)n2)c(OCc2ccc(Cl)cc2Cl)c1. The van der Waals surface area contributed by atoms with Gasteiger partial charge in [-0.25, -0.2) is 9.97 Å². The summed E-state index contributed by atoms with van der Waals surface area (Å²) in [6.45, 7) is 0.250. The average Bonchev–Trinajstić information content (AvgIpc) is 2.73. The highest BCUT2D eigenvalue weighted by atomic mass is 35.5. The number of halogens is 2. The number of hydrogen-bond donors (Lipinski definition) is 1. The molecule has 0 saturated heterocycles. The van der Waals surface area contributed by atoms with Gasteiger partial charge in [-0.1, -0.05) is 29.3 Å². The van der Waals surface area contributed by atoms with Crippen molar-refractivity contribution in [1.29, 1.82) is 0 Å². The highest BCUT2D eigenvalue weighted by molar-refractivity contribution is 6.35. The lowest BCUT2D eigenvalue weighted by molar-refractivity contribution is 0.305. The molecule has 30 heavy (non-hydrogen) atoms. The molecular weight excluding hydrogens is 425 g/mol. The van der Waals surface area contributed by atoms with E-state index in [9.17, 15) is 0 Å². The van der Waals surface area contributed by atoms with Crippen LogP contribution < -0.4 is 15.2 Å². The van der Waals surface area contributed by atoms with E-state index in [0.29, 0.717) is 33.2 Å². The van der Waals surface area contributed by atoms with Gasteiger partial charge in [0.15, 0.2) is 5.96 Å². The molecule has 0 radical (unpaired) electrons. The highest BCUT2D eigenvalue weighted by Crippen LogP contribution is 2.34. The van der Waals surface area contributed by atoms with Crippen molar-refractivity contribution in [2.75, 3.05) is 21.2 Å². The fraction of sp³-hybridized carbons (Fsp3) is 0.190. The number of guanidine groups is 1. The van der Waals surface area contributed by atoms with Crippen molar-refractivity contribution in [2.45, 2.75) is 6.61 Å². The Labute approximate surface area is 185 Å².